The molecule has 0 aliphatic heterocycles. The first-order valence-electron chi connectivity index (χ1n) is 9.75. The van der Waals surface area contributed by atoms with Crippen LogP contribution in [0.1, 0.15) is 47.4 Å². The average molecular weight is 406 g/mol. The van der Waals surface area contributed by atoms with Crippen molar-refractivity contribution in [2.24, 2.45) is 0 Å². The van der Waals surface area contributed by atoms with Crippen LogP contribution in [0.5, 0.6) is 0 Å². The summed E-state index contributed by atoms with van der Waals surface area (Å²) >= 11 is 0. The Morgan fingerprint density at radius 1 is 1.00 bits per heavy atom. The van der Waals surface area contributed by atoms with E-state index in [2.05, 4.69) is 11.2 Å². The molecular formula is C24H26N2O4. The number of hydrogen-bond donors (Lipinski definition) is 1. The van der Waals surface area contributed by atoms with Crippen LogP contribution in [0.4, 0.5) is 5.69 Å². The molecule has 0 aliphatic rings. The first kappa shape index (κ1) is 22.7. The predicted octanol–water partition coefficient (Wildman–Crippen LogP) is 3.43. The number of para-hydroxylation sites is 1. The number of carbonyl (C=O) groups is 3. The number of anilines is 1. The highest BCUT2D eigenvalue weighted by Gasteiger charge is 2.26. The third-order valence-corrected chi connectivity index (χ3v) is 5.02. The number of benzene rings is 2. The molecule has 6 heteroatoms. The molecule has 1 N–H and O–H groups in total. The van der Waals surface area contributed by atoms with Gasteiger partial charge in [-0.25, -0.2) is 4.79 Å². The quantitative estimate of drug-likeness (QED) is 0.538. The maximum atomic E-state index is 12.9. The summed E-state index contributed by atoms with van der Waals surface area (Å²) in [6.07, 6.45) is 6.66. The predicted molar refractivity (Wildman–Crippen MR) is 116 cm³/mol. The number of hydrogen-bond acceptors (Lipinski definition) is 4. The number of nitrogens with one attached hydrogen (secondary N) is 1. The minimum absolute atomic E-state index is 0.0901. The number of esters is 1. The van der Waals surface area contributed by atoms with E-state index in [9.17, 15) is 14.4 Å². The molecule has 156 valence electrons. The van der Waals surface area contributed by atoms with Crippen LogP contribution in [0.15, 0.2) is 54.6 Å². The highest BCUT2D eigenvalue weighted by molar-refractivity contribution is 6.12. The maximum Gasteiger partial charge on any atom is 0.339 e. The van der Waals surface area contributed by atoms with Crippen molar-refractivity contribution in [1.29, 1.82) is 0 Å². The fraction of sp³-hybridized carbons (Fsp3) is 0.292. The maximum absolute atomic E-state index is 12.9. The van der Waals surface area contributed by atoms with Crippen molar-refractivity contribution >= 4 is 23.5 Å². The largest absolute Gasteiger partial charge is 0.452 e. The normalized spacial score (nSPS) is 10.6. The van der Waals surface area contributed by atoms with Crippen molar-refractivity contribution in [3.05, 3.63) is 65.7 Å². The van der Waals surface area contributed by atoms with Crippen molar-refractivity contribution in [2.45, 2.75) is 32.2 Å². The molecule has 30 heavy (non-hydrogen) atoms. The summed E-state index contributed by atoms with van der Waals surface area (Å²) in [7, 11) is 1.63. The van der Waals surface area contributed by atoms with Gasteiger partial charge < -0.3 is 15.0 Å². The second-order valence-electron chi connectivity index (χ2n) is 6.80. The van der Waals surface area contributed by atoms with Crippen LogP contribution >= 0.6 is 0 Å². The van der Waals surface area contributed by atoms with Crippen LogP contribution in [0.25, 0.3) is 0 Å². The van der Waals surface area contributed by atoms with Crippen molar-refractivity contribution in [2.75, 3.05) is 18.6 Å². The van der Waals surface area contributed by atoms with Gasteiger partial charge in [0, 0.05) is 12.7 Å². The SMILES string of the molecule is C#CC(CC)(CC)NC(=O)COC(=O)c1ccccc1C(=O)N(C)c1ccccc1. The molecule has 0 aromatic heterocycles. The number of carbonyl (C=O) groups excluding carboxylic acids is 3. The minimum Gasteiger partial charge on any atom is -0.452 e. The molecule has 0 spiro atoms. The molecule has 0 atom stereocenters. The lowest BCUT2D eigenvalue weighted by molar-refractivity contribution is -0.125. The summed E-state index contributed by atoms with van der Waals surface area (Å²) in [6, 6.07) is 15.4. The van der Waals surface area contributed by atoms with Gasteiger partial charge in [-0.1, -0.05) is 50.1 Å². The average Bonchev–Trinajstić information content (AvgIpc) is 2.80. The lowest BCUT2D eigenvalue weighted by Gasteiger charge is -2.26. The van der Waals surface area contributed by atoms with Gasteiger partial charge in [0.1, 0.15) is 5.54 Å². The Morgan fingerprint density at radius 3 is 2.13 bits per heavy atom. The van der Waals surface area contributed by atoms with E-state index in [1.54, 1.807) is 37.4 Å². The number of rotatable bonds is 8. The van der Waals surface area contributed by atoms with Gasteiger partial charge >= 0.3 is 5.97 Å². The van der Waals surface area contributed by atoms with Crippen LogP contribution in [-0.4, -0.2) is 37.0 Å². The molecule has 0 bridgehead atoms. The van der Waals surface area contributed by atoms with Gasteiger partial charge in [0.25, 0.3) is 11.8 Å². The number of ether oxygens (including phenoxy) is 1. The van der Waals surface area contributed by atoms with Gasteiger partial charge in [-0.2, -0.15) is 0 Å². The van der Waals surface area contributed by atoms with Gasteiger partial charge in [-0.15, -0.1) is 6.42 Å². The van der Waals surface area contributed by atoms with Gasteiger partial charge in [0.05, 0.1) is 11.1 Å². The Balaban J connectivity index is 2.12. The number of nitrogens with zero attached hydrogens (tertiary/aromatic N) is 1. The molecule has 2 aromatic carbocycles. The van der Waals surface area contributed by atoms with Crippen LogP contribution < -0.4 is 10.2 Å². The molecular weight excluding hydrogens is 380 g/mol. The van der Waals surface area contributed by atoms with E-state index in [4.69, 9.17) is 11.2 Å². The van der Waals surface area contributed by atoms with Crippen LogP contribution in [0, 0.1) is 12.3 Å². The summed E-state index contributed by atoms with van der Waals surface area (Å²) < 4.78 is 5.16. The van der Waals surface area contributed by atoms with E-state index in [1.807, 2.05) is 32.0 Å². The second kappa shape index (κ2) is 10.3. The van der Waals surface area contributed by atoms with E-state index in [0.29, 0.717) is 18.5 Å². The molecule has 0 saturated heterocycles. The fourth-order valence-electron chi connectivity index (χ4n) is 2.98. The summed E-state index contributed by atoms with van der Waals surface area (Å²) in [6.45, 7) is 3.26. The Kier molecular flexibility index (Phi) is 7.76. The van der Waals surface area contributed by atoms with E-state index >= 15 is 0 Å². The highest BCUT2D eigenvalue weighted by atomic mass is 16.5. The molecule has 0 aliphatic carbocycles. The third kappa shape index (κ3) is 5.26. The van der Waals surface area contributed by atoms with Gasteiger partial charge in [-0.3, -0.25) is 9.59 Å². The van der Waals surface area contributed by atoms with Gasteiger partial charge in [0.15, 0.2) is 6.61 Å². The van der Waals surface area contributed by atoms with Crippen LogP contribution in [-0.2, 0) is 9.53 Å². The van der Waals surface area contributed by atoms with E-state index in [1.165, 1.54) is 11.0 Å². The second-order valence-corrected chi connectivity index (χ2v) is 6.80. The molecule has 2 amide bonds. The molecule has 0 radical (unpaired) electrons. The van der Waals surface area contributed by atoms with Gasteiger partial charge in [0.2, 0.25) is 0 Å². The molecule has 0 saturated carbocycles. The van der Waals surface area contributed by atoms with Crippen molar-refractivity contribution in [1.82, 2.24) is 5.32 Å². The first-order valence-corrected chi connectivity index (χ1v) is 9.75. The smallest absolute Gasteiger partial charge is 0.339 e. The zero-order valence-corrected chi connectivity index (χ0v) is 17.5. The molecule has 0 fully saturated rings. The van der Waals surface area contributed by atoms with Crippen molar-refractivity contribution < 1.29 is 19.1 Å². The first-order chi connectivity index (χ1) is 14.4. The Bertz CT molecular complexity index is 943. The van der Waals surface area contributed by atoms with Gasteiger partial charge in [-0.05, 0) is 37.1 Å². The zero-order valence-electron chi connectivity index (χ0n) is 17.5. The topological polar surface area (TPSA) is 75.7 Å². The van der Waals surface area contributed by atoms with E-state index in [-0.39, 0.29) is 17.0 Å². The summed E-state index contributed by atoms with van der Waals surface area (Å²) in [5.74, 6) is 0.990. The summed E-state index contributed by atoms with van der Waals surface area (Å²) in [5, 5.41) is 2.74. The zero-order chi connectivity index (χ0) is 22.1. The van der Waals surface area contributed by atoms with Crippen LogP contribution in [0.2, 0.25) is 0 Å². The number of amides is 2. The molecule has 2 rings (SSSR count). The number of terminal acetylenes is 1. The summed E-state index contributed by atoms with van der Waals surface area (Å²) in [4.78, 5) is 39.2. The summed E-state index contributed by atoms with van der Waals surface area (Å²) in [5.41, 5.74) is 0.201. The molecule has 0 heterocycles. The molecule has 6 nitrogen and oxygen atoms in total. The highest BCUT2D eigenvalue weighted by Crippen LogP contribution is 2.18. The lowest BCUT2D eigenvalue weighted by atomic mass is 9.94. The van der Waals surface area contributed by atoms with Crippen molar-refractivity contribution in [3.8, 4) is 12.3 Å². The Hall–Kier alpha value is -3.59. The Labute approximate surface area is 177 Å². The standard InChI is InChI=1S/C24H26N2O4/c1-5-24(6-2,7-3)25-21(27)17-30-23(29)20-16-12-11-15-19(20)22(28)26(4)18-13-9-8-10-14-18/h1,8-16H,6-7,17H2,2-4H3,(H,25,27). The van der Waals surface area contributed by atoms with Crippen LogP contribution in [0.3, 0.4) is 0 Å². The van der Waals surface area contributed by atoms with Crippen molar-refractivity contribution in [3.63, 3.8) is 0 Å². The fourth-order valence-corrected chi connectivity index (χ4v) is 2.98. The van der Waals surface area contributed by atoms with E-state index < -0.39 is 24.0 Å². The minimum atomic E-state index is -0.768. The third-order valence-electron chi connectivity index (χ3n) is 5.02. The Morgan fingerprint density at radius 2 is 1.57 bits per heavy atom. The lowest BCUT2D eigenvalue weighted by Crippen LogP contribution is -2.48. The van der Waals surface area contributed by atoms with E-state index in [0.717, 1.165) is 0 Å². The molecule has 0 unspecified atom stereocenters. The monoisotopic (exact) mass is 406 g/mol. The molecule has 2 aromatic rings.